The van der Waals surface area contributed by atoms with Gasteiger partial charge in [0, 0.05) is 5.69 Å². The van der Waals surface area contributed by atoms with E-state index in [0.29, 0.717) is 16.7 Å². The second-order valence-electron chi connectivity index (χ2n) is 4.24. The van der Waals surface area contributed by atoms with Crippen LogP contribution in [0, 0.1) is 5.82 Å². The van der Waals surface area contributed by atoms with E-state index >= 15 is 0 Å². The summed E-state index contributed by atoms with van der Waals surface area (Å²) >= 11 is 3.08. The first-order chi connectivity index (χ1) is 7.86. The molecule has 0 aliphatic rings. The van der Waals surface area contributed by atoms with E-state index in [9.17, 15) is 9.18 Å². The summed E-state index contributed by atoms with van der Waals surface area (Å²) in [7, 11) is 0. The highest BCUT2D eigenvalue weighted by atomic mass is 79.9. The maximum Gasteiger partial charge on any atom is 0.244 e. The zero-order valence-corrected chi connectivity index (χ0v) is 11.7. The number of halogens is 2. The van der Waals surface area contributed by atoms with Gasteiger partial charge in [-0.05, 0) is 54.5 Å². The van der Waals surface area contributed by atoms with Crippen LogP contribution in [0.4, 0.5) is 10.1 Å². The number of amides is 1. The van der Waals surface area contributed by atoms with Crippen LogP contribution in [0.2, 0.25) is 0 Å². The largest absolute Gasteiger partial charge is 0.324 e. The normalized spacial score (nSPS) is 11.4. The van der Waals surface area contributed by atoms with Crippen LogP contribution < -0.4 is 10.6 Å². The zero-order chi connectivity index (χ0) is 13.1. The van der Waals surface area contributed by atoms with Crippen molar-refractivity contribution in [3.05, 3.63) is 28.5 Å². The summed E-state index contributed by atoms with van der Waals surface area (Å²) in [5, 5.41) is 5.81. The summed E-state index contributed by atoms with van der Waals surface area (Å²) in [4.78, 5) is 11.9. The summed E-state index contributed by atoms with van der Waals surface area (Å²) in [5.74, 6) is -0.508. The predicted molar refractivity (Wildman–Crippen MR) is 70.5 cm³/mol. The van der Waals surface area contributed by atoms with Crippen LogP contribution in [0.15, 0.2) is 22.7 Å². The van der Waals surface area contributed by atoms with Gasteiger partial charge in [-0.3, -0.25) is 4.79 Å². The molecule has 0 atom stereocenters. The summed E-state index contributed by atoms with van der Waals surface area (Å²) in [6.45, 7) is 6.23. The highest BCUT2D eigenvalue weighted by molar-refractivity contribution is 9.10. The molecule has 17 heavy (non-hydrogen) atoms. The lowest BCUT2D eigenvalue weighted by atomic mass is 10.0. The zero-order valence-electron chi connectivity index (χ0n) is 10.1. The molecule has 0 bridgehead atoms. The first-order valence-corrected chi connectivity index (χ1v) is 6.17. The lowest BCUT2D eigenvalue weighted by Gasteiger charge is -2.24. The molecule has 94 valence electrons. The number of hydrogen-bond donors (Lipinski definition) is 2. The number of carbonyl (C=O) groups is 1. The minimum absolute atomic E-state index is 0.155. The Morgan fingerprint density at radius 3 is 2.65 bits per heavy atom. The van der Waals surface area contributed by atoms with Gasteiger partial charge in [-0.1, -0.05) is 6.92 Å². The van der Waals surface area contributed by atoms with Gasteiger partial charge in [-0.25, -0.2) is 4.39 Å². The lowest BCUT2D eigenvalue weighted by Crippen LogP contribution is -2.49. The third kappa shape index (κ3) is 3.78. The molecule has 1 rings (SSSR count). The van der Waals surface area contributed by atoms with E-state index in [1.165, 1.54) is 18.2 Å². The monoisotopic (exact) mass is 302 g/mol. The van der Waals surface area contributed by atoms with Gasteiger partial charge < -0.3 is 10.6 Å². The van der Waals surface area contributed by atoms with Crippen molar-refractivity contribution in [3.8, 4) is 0 Å². The summed E-state index contributed by atoms with van der Waals surface area (Å²) in [6.07, 6.45) is 0. The first kappa shape index (κ1) is 14.1. The van der Waals surface area contributed by atoms with Crippen LogP contribution in [0.1, 0.15) is 20.8 Å². The Labute approximate surface area is 109 Å². The number of nitrogens with one attached hydrogen (secondary N) is 2. The van der Waals surface area contributed by atoms with Gasteiger partial charge >= 0.3 is 0 Å². The lowest BCUT2D eigenvalue weighted by molar-refractivity contribution is -0.121. The third-order valence-corrected chi connectivity index (χ3v) is 2.97. The van der Waals surface area contributed by atoms with E-state index in [2.05, 4.69) is 26.6 Å². The van der Waals surface area contributed by atoms with Crippen LogP contribution >= 0.6 is 15.9 Å². The predicted octanol–water partition coefficient (Wildman–Crippen LogP) is 2.91. The van der Waals surface area contributed by atoms with Crippen molar-refractivity contribution in [3.63, 3.8) is 0 Å². The van der Waals surface area contributed by atoms with Gasteiger partial charge in [-0.15, -0.1) is 0 Å². The average Bonchev–Trinajstić information content (AvgIpc) is 2.23. The number of hydrogen-bond acceptors (Lipinski definition) is 2. The van der Waals surface area contributed by atoms with E-state index in [4.69, 9.17) is 0 Å². The molecule has 0 aliphatic heterocycles. The Morgan fingerprint density at radius 1 is 1.47 bits per heavy atom. The van der Waals surface area contributed by atoms with Gasteiger partial charge in [0.1, 0.15) is 5.82 Å². The molecule has 0 heterocycles. The molecule has 3 nitrogen and oxygen atoms in total. The van der Waals surface area contributed by atoms with E-state index < -0.39 is 5.54 Å². The van der Waals surface area contributed by atoms with Crippen molar-refractivity contribution in [1.82, 2.24) is 5.32 Å². The molecule has 5 heteroatoms. The SMILES string of the molecule is CCNC(C)(C)C(=O)Nc1ccc(F)c(Br)c1. The van der Waals surface area contributed by atoms with Gasteiger partial charge in [0.05, 0.1) is 10.0 Å². The van der Waals surface area contributed by atoms with Gasteiger partial charge in [0.25, 0.3) is 0 Å². The first-order valence-electron chi connectivity index (χ1n) is 5.38. The molecule has 1 amide bonds. The summed E-state index contributed by atoms with van der Waals surface area (Å²) in [5.41, 5.74) is -0.0930. The van der Waals surface area contributed by atoms with Crippen molar-refractivity contribution in [1.29, 1.82) is 0 Å². The molecule has 0 fully saturated rings. The van der Waals surface area contributed by atoms with E-state index in [1.807, 2.05) is 6.92 Å². The quantitative estimate of drug-likeness (QED) is 0.898. The Morgan fingerprint density at radius 2 is 2.12 bits per heavy atom. The molecule has 0 aliphatic carbocycles. The van der Waals surface area contributed by atoms with Gasteiger partial charge in [0.15, 0.2) is 0 Å². The molecule has 1 aromatic carbocycles. The van der Waals surface area contributed by atoms with Crippen molar-refractivity contribution in [2.45, 2.75) is 26.3 Å². The second-order valence-corrected chi connectivity index (χ2v) is 5.09. The molecule has 0 radical (unpaired) electrons. The fourth-order valence-corrected chi connectivity index (χ4v) is 1.76. The molecular weight excluding hydrogens is 287 g/mol. The fraction of sp³-hybridized carbons (Fsp3) is 0.417. The van der Waals surface area contributed by atoms with Gasteiger partial charge in [-0.2, -0.15) is 0 Å². The minimum Gasteiger partial charge on any atom is -0.324 e. The number of carbonyl (C=O) groups excluding carboxylic acids is 1. The maximum absolute atomic E-state index is 13.0. The maximum atomic E-state index is 13.0. The Bertz CT molecular complexity index is 421. The topological polar surface area (TPSA) is 41.1 Å². The Kier molecular flexibility index (Phi) is 4.65. The van der Waals surface area contributed by atoms with E-state index in [0.717, 1.165) is 0 Å². The van der Waals surface area contributed by atoms with E-state index in [1.54, 1.807) is 13.8 Å². The Balaban J connectivity index is 2.77. The van der Waals surface area contributed by atoms with Crippen LogP contribution in [0.3, 0.4) is 0 Å². The summed E-state index contributed by atoms with van der Waals surface area (Å²) < 4.78 is 13.3. The Hall–Kier alpha value is -0.940. The van der Waals surface area contributed by atoms with Crippen molar-refractivity contribution in [2.24, 2.45) is 0 Å². The smallest absolute Gasteiger partial charge is 0.244 e. The molecular formula is C12H16BrFN2O. The molecule has 0 saturated heterocycles. The van der Waals surface area contributed by atoms with Crippen LogP contribution in [0.5, 0.6) is 0 Å². The van der Waals surface area contributed by atoms with E-state index in [-0.39, 0.29) is 11.7 Å². The average molecular weight is 303 g/mol. The van der Waals surface area contributed by atoms with Crippen LogP contribution in [-0.4, -0.2) is 18.0 Å². The number of anilines is 1. The highest BCUT2D eigenvalue weighted by Crippen LogP contribution is 2.20. The van der Waals surface area contributed by atoms with Crippen LogP contribution in [-0.2, 0) is 4.79 Å². The minimum atomic E-state index is -0.657. The molecule has 2 N–H and O–H groups in total. The van der Waals surface area contributed by atoms with Crippen molar-refractivity contribution < 1.29 is 9.18 Å². The van der Waals surface area contributed by atoms with Crippen LogP contribution in [0.25, 0.3) is 0 Å². The molecule has 0 aromatic heterocycles. The summed E-state index contributed by atoms with van der Waals surface area (Å²) in [6, 6.07) is 4.37. The molecule has 0 spiro atoms. The number of rotatable bonds is 4. The molecule has 0 unspecified atom stereocenters. The number of likely N-dealkylation sites (N-methyl/N-ethyl adjacent to an activating group) is 1. The standard InChI is InChI=1S/C12H16BrFN2O/c1-4-15-12(2,3)11(17)16-8-5-6-10(14)9(13)7-8/h5-7,15H,4H2,1-3H3,(H,16,17). The highest BCUT2D eigenvalue weighted by Gasteiger charge is 2.26. The van der Waals surface area contributed by atoms with Crippen molar-refractivity contribution >= 4 is 27.5 Å². The third-order valence-electron chi connectivity index (χ3n) is 2.36. The molecule has 1 aromatic rings. The number of benzene rings is 1. The second kappa shape index (κ2) is 5.60. The molecule has 0 saturated carbocycles. The van der Waals surface area contributed by atoms with Crippen molar-refractivity contribution in [2.75, 3.05) is 11.9 Å². The fourth-order valence-electron chi connectivity index (χ4n) is 1.38. The van der Waals surface area contributed by atoms with Gasteiger partial charge in [0.2, 0.25) is 5.91 Å².